The molecule has 0 bridgehead atoms. The summed E-state index contributed by atoms with van der Waals surface area (Å²) in [6.45, 7) is 6.33. The molecule has 4 rings (SSSR count). The van der Waals surface area contributed by atoms with Gasteiger partial charge in [0.15, 0.2) is 0 Å². The van der Waals surface area contributed by atoms with E-state index in [9.17, 15) is 9.18 Å². The number of aliphatic imine (C=N–C) groups is 1. The van der Waals surface area contributed by atoms with Crippen LogP contribution in [0.1, 0.15) is 44.2 Å². The standard InChI is InChI=1S/C22H21Cl2FN2O/c1-21(2,3)10-19-22(15(11-26-19)12-5-4-6-13(23)7-12)14-8-17(25)16(24)9-18(14)27-20(22)28/h4-9,11,15,19H,10H2,1-3H3,(H,27,28)/t15-,19-,22-/m1/s1. The Morgan fingerprint density at radius 1 is 1.21 bits per heavy atom. The van der Waals surface area contributed by atoms with Crippen molar-refractivity contribution in [3.63, 3.8) is 0 Å². The normalized spacial score (nSPS) is 26.0. The average molecular weight is 419 g/mol. The van der Waals surface area contributed by atoms with Gasteiger partial charge in [0, 0.05) is 22.8 Å². The smallest absolute Gasteiger partial charge is 0.238 e. The SMILES string of the molecule is CC(C)(C)C[C@H]1N=C[C@H](c2cccc(Cl)c2)[C@@]12C(=O)Nc1cc(Cl)c(F)cc12. The van der Waals surface area contributed by atoms with E-state index >= 15 is 0 Å². The van der Waals surface area contributed by atoms with Crippen molar-refractivity contribution in [2.24, 2.45) is 10.4 Å². The van der Waals surface area contributed by atoms with Crippen molar-refractivity contribution in [1.29, 1.82) is 0 Å². The Balaban J connectivity index is 1.95. The van der Waals surface area contributed by atoms with E-state index in [0.717, 1.165) is 5.56 Å². The minimum atomic E-state index is -1.03. The van der Waals surface area contributed by atoms with E-state index in [-0.39, 0.29) is 28.3 Å². The summed E-state index contributed by atoms with van der Waals surface area (Å²) in [5, 5.41) is 3.50. The molecule has 2 aromatic rings. The largest absolute Gasteiger partial charge is 0.325 e. The number of carbonyl (C=O) groups excluding carboxylic acids is 1. The van der Waals surface area contributed by atoms with Gasteiger partial charge >= 0.3 is 0 Å². The second-order valence-corrected chi connectivity index (χ2v) is 9.59. The molecule has 0 aromatic heterocycles. The summed E-state index contributed by atoms with van der Waals surface area (Å²) in [6, 6.07) is 9.97. The molecule has 0 fully saturated rings. The third-order valence-electron chi connectivity index (χ3n) is 5.57. The number of benzene rings is 2. The van der Waals surface area contributed by atoms with Crippen LogP contribution in [0.3, 0.4) is 0 Å². The number of amides is 1. The molecule has 1 spiro atoms. The number of fused-ring (bicyclic) bond motifs is 2. The molecular formula is C22H21Cl2FN2O. The number of nitrogens with zero attached hydrogens (tertiary/aromatic N) is 1. The molecule has 3 nitrogen and oxygen atoms in total. The van der Waals surface area contributed by atoms with Crippen LogP contribution in [0.25, 0.3) is 0 Å². The molecule has 28 heavy (non-hydrogen) atoms. The Bertz CT molecular complexity index is 999. The summed E-state index contributed by atoms with van der Waals surface area (Å²) in [6.07, 6.45) is 2.50. The van der Waals surface area contributed by atoms with Crippen LogP contribution in [0, 0.1) is 11.2 Å². The first-order valence-corrected chi connectivity index (χ1v) is 9.98. The lowest BCUT2D eigenvalue weighted by molar-refractivity contribution is -0.121. The highest BCUT2D eigenvalue weighted by atomic mass is 35.5. The van der Waals surface area contributed by atoms with Crippen molar-refractivity contribution in [2.75, 3.05) is 5.32 Å². The maximum absolute atomic E-state index is 14.5. The fraction of sp³-hybridized carbons (Fsp3) is 0.364. The van der Waals surface area contributed by atoms with Crippen LogP contribution in [0.4, 0.5) is 10.1 Å². The monoisotopic (exact) mass is 418 g/mol. The van der Waals surface area contributed by atoms with E-state index in [1.807, 2.05) is 24.4 Å². The highest BCUT2D eigenvalue weighted by Crippen LogP contribution is 2.55. The van der Waals surface area contributed by atoms with Crippen molar-refractivity contribution in [3.05, 3.63) is 63.4 Å². The van der Waals surface area contributed by atoms with Crippen molar-refractivity contribution in [2.45, 2.75) is 44.6 Å². The Morgan fingerprint density at radius 3 is 2.64 bits per heavy atom. The van der Waals surface area contributed by atoms with E-state index in [2.05, 4.69) is 26.1 Å². The molecule has 146 valence electrons. The van der Waals surface area contributed by atoms with E-state index in [0.29, 0.717) is 22.7 Å². The number of rotatable bonds is 2. The van der Waals surface area contributed by atoms with Crippen molar-refractivity contribution >= 4 is 41.0 Å². The molecule has 0 radical (unpaired) electrons. The van der Waals surface area contributed by atoms with E-state index in [4.69, 9.17) is 28.2 Å². The second-order valence-electron chi connectivity index (χ2n) is 8.75. The maximum Gasteiger partial charge on any atom is 0.238 e. The van der Waals surface area contributed by atoms with E-state index in [1.165, 1.54) is 12.1 Å². The van der Waals surface area contributed by atoms with Crippen LogP contribution in [0.2, 0.25) is 10.0 Å². The van der Waals surface area contributed by atoms with Crippen LogP contribution < -0.4 is 5.32 Å². The lowest BCUT2D eigenvalue weighted by Gasteiger charge is -2.37. The highest BCUT2D eigenvalue weighted by Gasteiger charge is 2.60. The molecule has 1 N–H and O–H groups in total. The lowest BCUT2D eigenvalue weighted by atomic mass is 9.63. The molecular weight excluding hydrogens is 398 g/mol. The zero-order valence-corrected chi connectivity index (χ0v) is 17.4. The van der Waals surface area contributed by atoms with Gasteiger partial charge in [0.05, 0.1) is 11.1 Å². The molecule has 0 saturated heterocycles. The number of hydrogen-bond donors (Lipinski definition) is 1. The number of anilines is 1. The summed E-state index contributed by atoms with van der Waals surface area (Å²) >= 11 is 12.2. The van der Waals surface area contributed by atoms with E-state index < -0.39 is 11.2 Å². The predicted molar refractivity (Wildman–Crippen MR) is 112 cm³/mol. The molecule has 2 aliphatic rings. The van der Waals surface area contributed by atoms with Gasteiger partial charge in [0.1, 0.15) is 11.2 Å². The minimum Gasteiger partial charge on any atom is -0.325 e. The van der Waals surface area contributed by atoms with Gasteiger partial charge in [-0.2, -0.15) is 0 Å². The van der Waals surface area contributed by atoms with Gasteiger partial charge in [-0.1, -0.05) is 56.1 Å². The number of carbonyl (C=O) groups is 1. The molecule has 2 aliphatic heterocycles. The first-order valence-electron chi connectivity index (χ1n) is 9.22. The van der Waals surface area contributed by atoms with Gasteiger partial charge in [-0.25, -0.2) is 4.39 Å². The van der Waals surface area contributed by atoms with Crippen LogP contribution in [0.5, 0.6) is 0 Å². The maximum atomic E-state index is 14.5. The molecule has 0 aliphatic carbocycles. The molecule has 2 aromatic carbocycles. The van der Waals surface area contributed by atoms with Crippen LogP contribution in [-0.2, 0) is 10.2 Å². The van der Waals surface area contributed by atoms with E-state index in [1.54, 1.807) is 6.07 Å². The zero-order valence-electron chi connectivity index (χ0n) is 15.9. The van der Waals surface area contributed by atoms with Crippen molar-refractivity contribution in [1.82, 2.24) is 0 Å². The Hall–Kier alpha value is -1.91. The molecule has 0 saturated carbocycles. The van der Waals surface area contributed by atoms with Gasteiger partial charge in [-0.3, -0.25) is 9.79 Å². The fourth-order valence-corrected chi connectivity index (χ4v) is 4.82. The third kappa shape index (κ3) is 2.94. The number of halogens is 3. The van der Waals surface area contributed by atoms with Crippen LogP contribution in [0.15, 0.2) is 41.4 Å². The van der Waals surface area contributed by atoms with Crippen molar-refractivity contribution in [3.8, 4) is 0 Å². The van der Waals surface area contributed by atoms with Gasteiger partial charge in [-0.05, 0) is 47.2 Å². The zero-order chi connectivity index (χ0) is 20.3. The predicted octanol–water partition coefficient (Wildman–Crippen LogP) is 6.00. The Kier molecular flexibility index (Phi) is 4.55. The number of nitrogens with one attached hydrogen (secondary N) is 1. The molecule has 1 amide bonds. The second kappa shape index (κ2) is 6.57. The molecule has 3 atom stereocenters. The minimum absolute atomic E-state index is 0.0123. The first-order chi connectivity index (χ1) is 13.1. The lowest BCUT2D eigenvalue weighted by Crippen LogP contribution is -2.47. The van der Waals surface area contributed by atoms with Crippen LogP contribution >= 0.6 is 23.2 Å². The van der Waals surface area contributed by atoms with Crippen molar-refractivity contribution < 1.29 is 9.18 Å². The summed E-state index contributed by atoms with van der Waals surface area (Å²) in [7, 11) is 0. The molecule has 0 unspecified atom stereocenters. The Morgan fingerprint density at radius 2 is 1.96 bits per heavy atom. The average Bonchev–Trinajstić information content (AvgIpc) is 3.08. The topological polar surface area (TPSA) is 41.5 Å². The highest BCUT2D eigenvalue weighted by molar-refractivity contribution is 6.31. The molecule has 6 heteroatoms. The van der Waals surface area contributed by atoms with Gasteiger partial charge in [0.2, 0.25) is 5.91 Å². The van der Waals surface area contributed by atoms with Gasteiger partial charge < -0.3 is 5.32 Å². The number of hydrogen-bond acceptors (Lipinski definition) is 2. The summed E-state index contributed by atoms with van der Waals surface area (Å²) in [4.78, 5) is 18.2. The van der Waals surface area contributed by atoms with Crippen LogP contribution in [-0.4, -0.2) is 18.2 Å². The van der Waals surface area contributed by atoms with Gasteiger partial charge in [-0.15, -0.1) is 0 Å². The summed E-state index contributed by atoms with van der Waals surface area (Å²) < 4.78 is 14.5. The van der Waals surface area contributed by atoms with Gasteiger partial charge in [0.25, 0.3) is 0 Å². The molecule has 2 heterocycles. The Labute approximate surface area is 174 Å². The quantitative estimate of drug-likeness (QED) is 0.638. The summed E-state index contributed by atoms with van der Waals surface area (Å²) in [5.74, 6) is -1.07. The third-order valence-corrected chi connectivity index (χ3v) is 6.10. The summed E-state index contributed by atoms with van der Waals surface area (Å²) in [5.41, 5.74) is 0.945. The fourth-order valence-electron chi connectivity index (χ4n) is 4.46. The first kappa shape index (κ1) is 19.4.